The van der Waals surface area contributed by atoms with E-state index in [1.807, 2.05) is 35.2 Å². The van der Waals surface area contributed by atoms with Crippen LogP contribution in [-0.2, 0) is 9.59 Å². The van der Waals surface area contributed by atoms with Crippen LogP contribution in [0.1, 0.15) is 89.0 Å². The van der Waals surface area contributed by atoms with Crippen molar-refractivity contribution in [3.05, 3.63) is 41.5 Å². The summed E-state index contributed by atoms with van der Waals surface area (Å²) < 4.78 is 6.23. The Hall–Kier alpha value is -2.38. The molecular weight excluding hydrogens is 468 g/mol. The van der Waals surface area contributed by atoms with E-state index in [2.05, 4.69) is 12.2 Å². The lowest BCUT2D eigenvalue weighted by Gasteiger charge is -2.42. The zero-order valence-electron chi connectivity index (χ0n) is 22.2. The third kappa shape index (κ3) is 6.55. The van der Waals surface area contributed by atoms with Crippen molar-refractivity contribution in [2.24, 2.45) is 5.92 Å². The molecule has 0 bridgehead atoms. The number of rotatable bonds is 12. The summed E-state index contributed by atoms with van der Waals surface area (Å²) in [5.41, 5.74) is 1.37. The first-order valence-corrected chi connectivity index (χ1v) is 14.4. The Balaban J connectivity index is 1.62. The minimum Gasteiger partial charge on any atom is -0.486 e. The number of nitrogens with one attached hydrogen (secondary N) is 1. The van der Waals surface area contributed by atoms with Gasteiger partial charge in [0.05, 0.1) is 18.6 Å². The van der Waals surface area contributed by atoms with Crippen LogP contribution in [-0.4, -0.2) is 64.9 Å². The van der Waals surface area contributed by atoms with Crippen molar-refractivity contribution >= 4 is 11.8 Å². The summed E-state index contributed by atoms with van der Waals surface area (Å²) in [6.45, 7) is 2.77. The molecule has 4 rings (SSSR count). The highest BCUT2D eigenvalue weighted by molar-refractivity contribution is 5.96. The summed E-state index contributed by atoms with van der Waals surface area (Å²) in [7, 11) is 0. The van der Waals surface area contributed by atoms with Crippen molar-refractivity contribution in [2.45, 2.75) is 102 Å². The molecule has 7 heteroatoms. The van der Waals surface area contributed by atoms with E-state index < -0.39 is 24.2 Å². The first-order chi connectivity index (χ1) is 18.0. The molecule has 37 heavy (non-hydrogen) atoms. The summed E-state index contributed by atoms with van der Waals surface area (Å²) >= 11 is 0. The molecule has 0 aromatic heterocycles. The van der Waals surface area contributed by atoms with E-state index in [9.17, 15) is 19.8 Å². The number of para-hydroxylation sites is 1. The summed E-state index contributed by atoms with van der Waals surface area (Å²) in [5.74, 6) is 0.419. The molecule has 2 amide bonds. The minimum absolute atomic E-state index is 0.0476. The third-order valence-corrected chi connectivity index (χ3v) is 8.23. The first-order valence-electron chi connectivity index (χ1n) is 14.4. The van der Waals surface area contributed by atoms with Crippen LogP contribution in [0.4, 0.5) is 0 Å². The number of carbonyl (C=O) groups is 2. The molecule has 3 aliphatic rings. The number of unbranched alkanes of at least 4 members (excludes halogenated alkanes) is 4. The zero-order valence-corrected chi connectivity index (χ0v) is 22.2. The lowest BCUT2D eigenvalue weighted by molar-refractivity contribution is -0.138. The first kappa shape index (κ1) is 27.6. The predicted molar refractivity (Wildman–Crippen MR) is 143 cm³/mol. The van der Waals surface area contributed by atoms with Crippen molar-refractivity contribution in [3.8, 4) is 5.75 Å². The number of nitrogens with zero attached hydrogens (tertiary/aromatic N) is 1. The molecule has 1 aromatic carbocycles. The second kappa shape index (κ2) is 13.4. The lowest BCUT2D eigenvalue weighted by Crippen LogP contribution is -2.56. The summed E-state index contributed by atoms with van der Waals surface area (Å²) in [6.07, 6.45) is 11.8. The molecule has 1 saturated carbocycles. The molecule has 204 valence electrons. The van der Waals surface area contributed by atoms with Crippen molar-refractivity contribution in [2.75, 3.05) is 19.7 Å². The number of aliphatic hydroxyl groups excluding tert-OH is 2. The van der Waals surface area contributed by atoms with E-state index in [4.69, 9.17) is 4.74 Å². The molecule has 0 radical (unpaired) electrons. The normalized spacial score (nSPS) is 25.0. The van der Waals surface area contributed by atoms with Gasteiger partial charge in [-0.1, -0.05) is 70.1 Å². The summed E-state index contributed by atoms with van der Waals surface area (Å²) in [5, 5.41) is 23.7. The number of fused-ring (bicyclic) bond motifs is 3. The van der Waals surface area contributed by atoms with Gasteiger partial charge in [-0.3, -0.25) is 9.59 Å². The summed E-state index contributed by atoms with van der Waals surface area (Å²) in [6, 6.07) is 6.95. The summed E-state index contributed by atoms with van der Waals surface area (Å²) in [4.78, 5) is 28.8. The average molecular weight is 513 g/mol. The van der Waals surface area contributed by atoms with Gasteiger partial charge in [-0.25, -0.2) is 0 Å². The zero-order chi connectivity index (χ0) is 26.2. The molecule has 7 nitrogen and oxygen atoms in total. The highest BCUT2D eigenvalue weighted by Gasteiger charge is 2.50. The highest BCUT2D eigenvalue weighted by Crippen LogP contribution is 2.47. The van der Waals surface area contributed by atoms with Crippen LogP contribution in [0.3, 0.4) is 0 Å². The number of hydrogen-bond acceptors (Lipinski definition) is 5. The molecule has 2 aliphatic carbocycles. The molecule has 1 heterocycles. The van der Waals surface area contributed by atoms with Gasteiger partial charge in [0.25, 0.3) is 0 Å². The molecule has 1 aliphatic heterocycles. The van der Waals surface area contributed by atoms with Gasteiger partial charge >= 0.3 is 0 Å². The maximum absolute atomic E-state index is 13.7. The van der Waals surface area contributed by atoms with Crippen LogP contribution in [0.5, 0.6) is 5.75 Å². The van der Waals surface area contributed by atoms with Crippen molar-refractivity contribution in [1.29, 1.82) is 0 Å². The van der Waals surface area contributed by atoms with Crippen molar-refractivity contribution in [3.63, 3.8) is 0 Å². The fraction of sp³-hybridized carbons (Fsp3) is 0.667. The maximum atomic E-state index is 13.7. The Labute approximate surface area is 221 Å². The van der Waals surface area contributed by atoms with Gasteiger partial charge in [0.15, 0.2) is 0 Å². The second-order valence-electron chi connectivity index (χ2n) is 10.9. The number of aliphatic hydroxyl groups is 2. The van der Waals surface area contributed by atoms with Crippen LogP contribution >= 0.6 is 0 Å². The SMILES string of the molecule is CCCCCCCC(=O)N(CC1CCCCC1)[C@@H]1C=C(C(=O)NCCO)[C@@H]2c3ccccc3O[C@@H]2[C@H]1O. The van der Waals surface area contributed by atoms with Gasteiger partial charge in [0, 0.05) is 30.6 Å². The average Bonchev–Trinajstić information content (AvgIpc) is 3.31. The second-order valence-corrected chi connectivity index (χ2v) is 10.9. The predicted octanol–water partition coefficient (Wildman–Crippen LogP) is 4.08. The largest absolute Gasteiger partial charge is 0.486 e. The number of benzene rings is 1. The lowest BCUT2D eigenvalue weighted by atomic mass is 9.77. The third-order valence-electron chi connectivity index (χ3n) is 8.23. The fourth-order valence-corrected chi connectivity index (χ4v) is 6.25. The topological polar surface area (TPSA) is 99.1 Å². The van der Waals surface area contributed by atoms with Gasteiger partial charge in [-0.2, -0.15) is 0 Å². The van der Waals surface area contributed by atoms with E-state index >= 15 is 0 Å². The van der Waals surface area contributed by atoms with E-state index in [0.717, 1.165) is 44.1 Å². The highest BCUT2D eigenvalue weighted by atomic mass is 16.5. The Morgan fingerprint density at radius 3 is 2.59 bits per heavy atom. The number of carbonyl (C=O) groups excluding carboxylic acids is 2. The van der Waals surface area contributed by atoms with Gasteiger partial charge < -0.3 is 25.2 Å². The van der Waals surface area contributed by atoms with Crippen molar-refractivity contribution in [1.82, 2.24) is 10.2 Å². The van der Waals surface area contributed by atoms with Crippen LogP contribution < -0.4 is 10.1 Å². The Morgan fingerprint density at radius 2 is 1.84 bits per heavy atom. The Morgan fingerprint density at radius 1 is 1.08 bits per heavy atom. The number of amides is 2. The van der Waals surface area contributed by atoms with Gasteiger partial charge in [0.2, 0.25) is 11.8 Å². The molecule has 0 saturated heterocycles. The van der Waals surface area contributed by atoms with Gasteiger partial charge in [-0.05, 0) is 37.3 Å². The molecule has 3 N–H and O–H groups in total. The van der Waals surface area contributed by atoms with Gasteiger partial charge in [0.1, 0.15) is 18.0 Å². The molecule has 4 atom stereocenters. The Bertz CT molecular complexity index is 942. The fourth-order valence-electron chi connectivity index (χ4n) is 6.25. The molecule has 0 spiro atoms. The van der Waals surface area contributed by atoms with Crippen LogP contribution in [0, 0.1) is 5.92 Å². The molecule has 1 aromatic rings. The van der Waals surface area contributed by atoms with Crippen LogP contribution in [0.2, 0.25) is 0 Å². The quantitative estimate of drug-likeness (QED) is 0.367. The van der Waals surface area contributed by atoms with E-state index in [0.29, 0.717) is 30.2 Å². The standard InChI is InChI=1S/C30H44N2O5/c1-2-3-4-5-9-16-26(34)32(20-21-12-7-6-8-13-21)24-19-23(30(36)31-17-18-33)27-22-14-10-11-15-25(22)37-29(27)28(24)35/h10-11,14-15,19,21,24,27-29,33,35H,2-9,12-13,16-18,20H2,1H3,(H,31,36)/t24-,27+,28+,29+/m1/s1. The van der Waals surface area contributed by atoms with E-state index in [1.54, 1.807) is 0 Å². The smallest absolute Gasteiger partial charge is 0.247 e. The molecule has 1 fully saturated rings. The number of ether oxygens (including phenoxy) is 1. The molecule has 0 unspecified atom stereocenters. The minimum atomic E-state index is -0.945. The van der Waals surface area contributed by atoms with Crippen LogP contribution in [0.15, 0.2) is 35.9 Å². The van der Waals surface area contributed by atoms with Gasteiger partial charge in [-0.15, -0.1) is 0 Å². The maximum Gasteiger partial charge on any atom is 0.247 e. The Kier molecular flexibility index (Phi) is 10.0. The number of hydrogen-bond donors (Lipinski definition) is 3. The van der Waals surface area contributed by atoms with Crippen molar-refractivity contribution < 1.29 is 24.5 Å². The monoisotopic (exact) mass is 512 g/mol. The van der Waals surface area contributed by atoms with E-state index in [-0.39, 0.29) is 25.0 Å². The van der Waals surface area contributed by atoms with Crippen LogP contribution in [0.25, 0.3) is 0 Å². The van der Waals surface area contributed by atoms with E-state index in [1.165, 1.54) is 25.7 Å². The molecular formula is C30H44N2O5.